The SMILES string of the molecule is COc1nc(O[C@@H]2CCc3c(-c4cccc(Nc5nccc6cc(CN7CC[C@@H](O)C7)cnc56)c4C)cccc32)ccc1CN1CC[C@@H](C(=O)O)C1. The van der Waals surface area contributed by atoms with E-state index in [-0.39, 0.29) is 18.1 Å². The van der Waals surface area contributed by atoms with E-state index in [1.807, 2.05) is 30.6 Å². The van der Waals surface area contributed by atoms with Crippen LogP contribution >= 0.6 is 0 Å². The summed E-state index contributed by atoms with van der Waals surface area (Å²) in [5, 5.41) is 23.9. The highest BCUT2D eigenvalue weighted by atomic mass is 16.5. The number of aliphatic hydroxyl groups is 1. The monoisotopic (exact) mass is 700 g/mol. The third kappa shape index (κ3) is 6.91. The van der Waals surface area contributed by atoms with Crippen LogP contribution in [0, 0.1) is 12.8 Å². The lowest BCUT2D eigenvalue weighted by molar-refractivity contribution is -0.141. The second-order valence-electron chi connectivity index (χ2n) is 14.3. The molecule has 0 saturated carbocycles. The maximum atomic E-state index is 11.4. The normalized spacial score (nSPS) is 20.3. The van der Waals surface area contributed by atoms with Crippen LogP contribution in [0.1, 0.15) is 53.2 Å². The minimum absolute atomic E-state index is 0.138. The molecule has 11 heteroatoms. The van der Waals surface area contributed by atoms with Gasteiger partial charge >= 0.3 is 5.97 Å². The van der Waals surface area contributed by atoms with Gasteiger partial charge in [0.1, 0.15) is 11.6 Å². The zero-order valence-corrected chi connectivity index (χ0v) is 29.6. The van der Waals surface area contributed by atoms with Gasteiger partial charge in [-0.05, 0) is 96.8 Å². The van der Waals surface area contributed by atoms with Crippen LogP contribution in [0.4, 0.5) is 11.5 Å². The summed E-state index contributed by atoms with van der Waals surface area (Å²) in [5.41, 5.74) is 9.74. The predicted molar refractivity (Wildman–Crippen MR) is 199 cm³/mol. The van der Waals surface area contributed by atoms with Gasteiger partial charge < -0.3 is 25.0 Å². The Morgan fingerprint density at radius 1 is 0.962 bits per heavy atom. The van der Waals surface area contributed by atoms with E-state index in [1.165, 1.54) is 11.1 Å². The number of pyridine rings is 3. The number of β-amino-alcohol motifs (C(OH)–C–C–N with tert-alkyl or cyclic N) is 1. The highest BCUT2D eigenvalue weighted by Crippen LogP contribution is 2.42. The fourth-order valence-corrected chi connectivity index (χ4v) is 8.06. The number of benzene rings is 2. The van der Waals surface area contributed by atoms with Crippen molar-refractivity contribution in [1.29, 1.82) is 0 Å². The number of aromatic nitrogens is 3. The summed E-state index contributed by atoms with van der Waals surface area (Å²) in [6, 6.07) is 20.8. The second kappa shape index (κ2) is 14.5. The molecule has 3 atom stereocenters. The van der Waals surface area contributed by atoms with Crippen LogP contribution in [0.15, 0.2) is 73.1 Å². The maximum Gasteiger partial charge on any atom is 0.307 e. The first-order valence-electron chi connectivity index (χ1n) is 18.1. The molecule has 2 aliphatic heterocycles. The van der Waals surface area contributed by atoms with Crippen molar-refractivity contribution >= 4 is 28.4 Å². The maximum absolute atomic E-state index is 11.4. The molecule has 0 unspecified atom stereocenters. The van der Waals surface area contributed by atoms with Crippen LogP contribution in [-0.2, 0) is 24.3 Å². The Hall–Kier alpha value is -5.10. The Balaban J connectivity index is 0.992. The second-order valence-corrected chi connectivity index (χ2v) is 14.3. The van der Waals surface area contributed by atoms with Gasteiger partial charge in [-0.2, -0.15) is 4.98 Å². The molecule has 3 aromatic heterocycles. The molecule has 2 aromatic carbocycles. The lowest BCUT2D eigenvalue weighted by atomic mass is 9.93. The Labute approximate surface area is 303 Å². The molecule has 8 rings (SSSR count). The molecule has 0 bridgehead atoms. The highest BCUT2D eigenvalue weighted by Gasteiger charge is 2.30. The molecule has 2 saturated heterocycles. The van der Waals surface area contributed by atoms with Gasteiger partial charge in [-0.1, -0.05) is 30.3 Å². The Morgan fingerprint density at radius 3 is 2.60 bits per heavy atom. The van der Waals surface area contributed by atoms with Crippen molar-refractivity contribution in [2.75, 3.05) is 38.6 Å². The van der Waals surface area contributed by atoms with E-state index in [4.69, 9.17) is 19.4 Å². The predicted octanol–water partition coefficient (Wildman–Crippen LogP) is 6.29. The van der Waals surface area contributed by atoms with E-state index >= 15 is 0 Å². The number of rotatable bonds is 11. The van der Waals surface area contributed by atoms with E-state index < -0.39 is 5.97 Å². The van der Waals surface area contributed by atoms with Gasteiger partial charge in [0.05, 0.1) is 19.1 Å². The summed E-state index contributed by atoms with van der Waals surface area (Å²) in [6.45, 7) is 6.37. The van der Waals surface area contributed by atoms with E-state index in [0.717, 1.165) is 83.3 Å². The smallest absolute Gasteiger partial charge is 0.307 e. The average molecular weight is 701 g/mol. The average Bonchev–Trinajstić information content (AvgIpc) is 3.90. The highest BCUT2D eigenvalue weighted by molar-refractivity contribution is 5.91. The molecule has 5 aromatic rings. The van der Waals surface area contributed by atoms with Gasteiger partial charge in [-0.3, -0.25) is 19.6 Å². The van der Waals surface area contributed by atoms with Crippen molar-refractivity contribution < 1.29 is 24.5 Å². The van der Waals surface area contributed by atoms with Crippen molar-refractivity contribution in [2.24, 2.45) is 5.92 Å². The summed E-state index contributed by atoms with van der Waals surface area (Å²) >= 11 is 0. The number of hydrogen-bond acceptors (Lipinski definition) is 10. The number of fused-ring (bicyclic) bond motifs is 2. The van der Waals surface area contributed by atoms with Gasteiger partial charge in [-0.25, -0.2) is 4.98 Å². The number of aliphatic hydroxyl groups excluding tert-OH is 1. The molecule has 11 nitrogen and oxygen atoms in total. The molecule has 0 amide bonds. The molecule has 0 spiro atoms. The van der Waals surface area contributed by atoms with E-state index in [0.29, 0.717) is 43.6 Å². The van der Waals surface area contributed by atoms with E-state index in [9.17, 15) is 15.0 Å². The zero-order valence-electron chi connectivity index (χ0n) is 29.6. The quantitative estimate of drug-likeness (QED) is 0.144. The molecule has 1 aliphatic carbocycles. The molecular formula is C41H44N6O5. The number of carboxylic acid groups (broad SMARTS) is 1. The minimum Gasteiger partial charge on any atom is -0.481 e. The molecular weight excluding hydrogens is 656 g/mol. The standard InChI is InChI=1S/C41H44N6O5/c1-25-31(5-4-8-35(25)44-39-38-27(13-16-42-39)19-26(20-43-38)21-46-18-15-30(48)24-46)32-6-3-7-34-33(32)10-11-36(34)52-37-12-9-28(40(45-37)51-2)22-47-17-14-29(23-47)41(49)50/h3-9,12-13,16,19-20,29-30,36,48H,10-11,14-15,17-18,21-24H2,1-2H3,(H,42,44)(H,49,50)/t29-,30-,36-/m1/s1. The van der Waals surface area contributed by atoms with Crippen molar-refractivity contribution in [1.82, 2.24) is 24.8 Å². The summed E-state index contributed by atoms with van der Waals surface area (Å²) in [4.78, 5) is 30.0. The Kier molecular flexibility index (Phi) is 9.48. The van der Waals surface area contributed by atoms with Crippen LogP contribution in [0.25, 0.3) is 22.0 Å². The van der Waals surface area contributed by atoms with Crippen molar-refractivity contribution in [3.8, 4) is 22.9 Å². The van der Waals surface area contributed by atoms with Crippen LogP contribution in [-0.4, -0.2) is 80.3 Å². The van der Waals surface area contributed by atoms with Gasteiger partial charge in [0.15, 0.2) is 5.82 Å². The number of anilines is 2. The van der Waals surface area contributed by atoms with Crippen LogP contribution in [0.2, 0.25) is 0 Å². The number of nitrogens with one attached hydrogen (secondary N) is 1. The summed E-state index contributed by atoms with van der Waals surface area (Å²) in [7, 11) is 1.61. The number of carbonyl (C=O) groups is 1. The topological polar surface area (TPSA) is 133 Å². The molecule has 52 heavy (non-hydrogen) atoms. The molecule has 268 valence electrons. The molecule has 5 heterocycles. The number of likely N-dealkylation sites (tertiary alicyclic amines) is 2. The summed E-state index contributed by atoms with van der Waals surface area (Å²) < 4.78 is 12.2. The van der Waals surface area contributed by atoms with Crippen molar-refractivity contribution in [3.63, 3.8) is 0 Å². The minimum atomic E-state index is -0.739. The van der Waals surface area contributed by atoms with Crippen molar-refractivity contribution in [2.45, 2.75) is 57.9 Å². The van der Waals surface area contributed by atoms with Gasteiger partial charge in [-0.15, -0.1) is 0 Å². The molecule has 3 aliphatic rings. The molecule has 2 fully saturated rings. The van der Waals surface area contributed by atoms with Crippen LogP contribution in [0.3, 0.4) is 0 Å². The summed E-state index contributed by atoms with van der Waals surface area (Å²) in [5.74, 6) is 0.659. The first-order chi connectivity index (χ1) is 25.3. The number of nitrogens with zero attached hydrogens (tertiary/aromatic N) is 5. The fourth-order valence-electron chi connectivity index (χ4n) is 8.06. The number of aliphatic carboxylic acids is 1. The lowest BCUT2D eigenvalue weighted by Gasteiger charge is -2.19. The number of carboxylic acids is 1. The summed E-state index contributed by atoms with van der Waals surface area (Å²) in [6.07, 6.45) is 6.56. The molecule has 3 N–H and O–H groups in total. The van der Waals surface area contributed by atoms with E-state index in [2.05, 4.69) is 69.5 Å². The number of methoxy groups -OCH3 is 1. The third-order valence-electron chi connectivity index (χ3n) is 10.8. The molecule has 0 radical (unpaired) electrons. The zero-order chi connectivity index (χ0) is 35.8. The largest absolute Gasteiger partial charge is 0.481 e. The van der Waals surface area contributed by atoms with Crippen LogP contribution < -0.4 is 14.8 Å². The van der Waals surface area contributed by atoms with Gasteiger partial charge in [0.2, 0.25) is 11.8 Å². The lowest BCUT2D eigenvalue weighted by Crippen LogP contribution is -2.23. The first-order valence-corrected chi connectivity index (χ1v) is 18.1. The fraction of sp³-hybridized carbons (Fsp3) is 0.366. The number of ether oxygens (including phenoxy) is 2. The first kappa shape index (κ1) is 34.0. The van der Waals surface area contributed by atoms with Crippen LogP contribution in [0.5, 0.6) is 11.8 Å². The van der Waals surface area contributed by atoms with Gasteiger partial charge in [0, 0.05) is 67.8 Å². The van der Waals surface area contributed by atoms with Crippen molar-refractivity contribution in [3.05, 3.63) is 101 Å². The van der Waals surface area contributed by atoms with Gasteiger partial charge in [0.25, 0.3) is 0 Å². The van der Waals surface area contributed by atoms with E-state index in [1.54, 1.807) is 7.11 Å². The third-order valence-corrected chi connectivity index (χ3v) is 10.8. The number of hydrogen-bond donors (Lipinski definition) is 3. The Bertz CT molecular complexity index is 2120. The Morgan fingerprint density at radius 2 is 1.79 bits per heavy atom.